The first kappa shape index (κ1) is 33.4. The number of hydrogen-bond donors (Lipinski definition) is 4. The fourth-order valence-corrected chi connectivity index (χ4v) is 6.92. The summed E-state index contributed by atoms with van der Waals surface area (Å²) in [6.07, 6.45) is -2.67. The summed E-state index contributed by atoms with van der Waals surface area (Å²) in [5.74, 6) is 1.01. The number of anilines is 3. The van der Waals surface area contributed by atoms with Gasteiger partial charge in [0.1, 0.15) is 17.9 Å². The Kier molecular flexibility index (Phi) is 8.82. The molecule has 2 fully saturated rings. The summed E-state index contributed by atoms with van der Waals surface area (Å²) < 4.78 is 12.9. The number of tetrazole rings is 1. The maximum absolute atomic E-state index is 12.2. The first-order valence-corrected chi connectivity index (χ1v) is 17.1. The average molecular weight is 708 g/mol. The Labute approximate surface area is 296 Å². The Balaban J connectivity index is 1.14. The Morgan fingerprint density at radius 2 is 1.73 bits per heavy atom. The molecule has 0 radical (unpaired) electrons. The maximum Gasteiger partial charge on any atom is 0.271 e. The van der Waals surface area contributed by atoms with Crippen LogP contribution < -0.4 is 31.1 Å². The first-order chi connectivity index (χ1) is 25.3. The van der Waals surface area contributed by atoms with Gasteiger partial charge in [-0.25, -0.2) is 4.98 Å². The molecule has 5 heterocycles. The smallest absolute Gasteiger partial charge is 0.271 e. The van der Waals surface area contributed by atoms with Gasteiger partial charge in [-0.2, -0.15) is 14.8 Å². The van der Waals surface area contributed by atoms with E-state index in [0.717, 1.165) is 11.1 Å². The number of aliphatic hydroxyl groups excluding tert-OH is 2. The van der Waals surface area contributed by atoms with Crippen LogP contribution in [0.15, 0.2) is 76.6 Å². The quantitative estimate of drug-likeness (QED) is 0.133. The highest BCUT2D eigenvalue weighted by Crippen LogP contribution is 2.39. The number of nitrogens with one attached hydrogen (secondary N) is 2. The number of rotatable bonds is 12. The van der Waals surface area contributed by atoms with Crippen LogP contribution in [0.1, 0.15) is 48.5 Å². The lowest BCUT2D eigenvalue weighted by molar-refractivity contribution is -0.0384. The molecule has 268 valence electrons. The zero-order valence-corrected chi connectivity index (χ0v) is 28.4. The van der Waals surface area contributed by atoms with E-state index in [-0.39, 0.29) is 29.2 Å². The number of fused-ring (bicyclic) bond motifs is 1. The number of aliphatic hydroxyl groups is 2. The Hall–Kier alpha value is -5.78. The molecule has 0 bridgehead atoms. The number of nitrogens with zero attached hydrogens (tertiary/aromatic N) is 9. The molecule has 3 aromatic carbocycles. The lowest BCUT2D eigenvalue weighted by atomic mass is 9.91. The zero-order chi connectivity index (χ0) is 35.9. The van der Waals surface area contributed by atoms with Gasteiger partial charge < -0.3 is 35.2 Å². The van der Waals surface area contributed by atoms with Gasteiger partial charge in [0, 0.05) is 31.6 Å². The Bertz CT molecular complexity index is 2220. The van der Waals surface area contributed by atoms with Crippen molar-refractivity contribution in [2.24, 2.45) is 0 Å². The second-order valence-electron chi connectivity index (χ2n) is 12.9. The number of hydrogen-bond acceptors (Lipinski definition) is 15. The van der Waals surface area contributed by atoms with Crippen molar-refractivity contribution in [3.8, 4) is 5.75 Å². The van der Waals surface area contributed by atoms with E-state index in [0.29, 0.717) is 55.5 Å². The number of methoxy groups -OCH3 is 1. The molecule has 4 N–H and O–H groups in total. The zero-order valence-electron chi connectivity index (χ0n) is 28.4. The summed E-state index contributed by atoms with van der Waals surface area (Å²) in [5, 5.41) is 41.3. The van der Waals surface area contributed by atoms with Crippen molar-refractivity contribution < 1.29 is 19.7 Å². The number of ether oxygens (including phenoxy) is 2. The number of aromatic nitrogens is 8. The van der Waals surface area contributed by atoms with E-state index in [4.69, 9.17) is 19.4 Å². The number of aryl methyl sites for hydroxylation is 1. The highest BCUT2D eigenvalue weighted by atomic mass is 16.6. The molecule has 6 aromatic rings. The van der Waals surface area contributed by atoms with Crippen molar-refractivity contribution in [3.05, 3.63) is 104 Å². The van der Waals surface area contributed by atoms with Gasteiger partial charge in [0.05, 0.1) is 20.0 Å². The second kappa shape index (κ2) is 13.7. The van der Waals surface area contributed by atoms with Gasteiger partial charge in [-0.3, -0.25) is 14.2 Å². The molecule has 2 aliphatic rings. The fraction of sp³-hybridized carbons (Fsp3) is 0.371. The average Bonchev–Trinajstić information content (AvgIpc) is 3.99. The van der Waals surface area contributed by atoms with Crippen molar-refractivity contribution in [1.82, 2.24) is 39.7 Å². The maximum atomic E-state index is 12.2. The molecule has 0 aliphatic carbocycles. The van der Waals surface area contributed by atoms with Gasteiger partial charge in [0.15, 0.2) is 35.1 Å². The number of benzene rings is 2. The van der Waals surface area contributed by atoms with Gasteiger partial charge in [0.25, 0.3) is 10.9 Å². The van der Waals surface area contributed by atoms with E-state index in [1.54, 1.807) is 4.57 Å². The standard InChI is InChI=1S/C35H37N11O6/c1-3-46-42-32(41-43-46)30-27(49)28(50)34(52-30)45-18-37-24-31(36-16-22(19-10-6-4-7-11-19)20-12-8-5-9-13-20)39-35(40-33(24)45)44-15-14-21(17-44)38-23-25(47)26(48)29(23)51-2/h4-13,18,21-22,27-28,30,34,38,49-50H,3,14-17H2,1-2H3,(H,36,39,40)/t21?,27-,28+,30-,34+/m0/s1. The summed E-state index contributed by atoms with van der Waals surface area (Å²) in [6.45, 7) is 3.79. The molecule has 3 aromatic heterocycles. The highest BCUT2D eigenvalue weighted by Gasteiger charge is 2.47. The molecular formula is C35H37N11O6. The summed E-state index contributed by atoms with van der Waals surface area (Å²) in [5.41, 5.74) is 1.99. The topological polar surface area (TPSA) is 208 Å². The van der Waals surface area contributed by atoms with Crippen LogP contribution in [0.4, 0.5) is 17.5 Å². The van der Waals surface area contributed by atoms with Crippen LogP contribution in [0.3, 0.4) is 0 Å². The van der Waals surface area contributed by atoms with Crippen molar-refractivity contribution in [1.29, 1.82) is 0 Å². The van der Waals surface area contributed by atoms with E-state index < -0.39 is 35.4 Å². The van der Waals surface area contributed by atoms with E-state index in [9.17, 15) is 19.8 Å². The second-order valence-corrected chi connectivity index (χ2v) is 12.9. The lowest BCUT2D eigenvalue weighted by Crippen LogP contribution is -2.38. The van der Waals surface area contributed by atoms with Gasteiger partial charge in [-0.15, -0.1) is 10.2 Å². The normalized spacial score (nSPS) is 21.8. The van der Waals surface area contributed by atoms with E-state index in [2.05, 4.69) is 55.3 Å². The van der Waals surface area contributed by atoms with Gasteiger partial charge in [0.2, 0.25) is 11.8 Å². The molecule has 0 amide bonds. The van der Waals surface area contributed by atoms with Crippen LogP contribution in [0.25, 0.3) is 11.2 Å². The molecule has 8 rings (SSSR count). The SMILES string of the molecule is CCn1nnc([C@H]2O[C@@H](n3cnc4c(NCC(c5ccccc5)c5ccccc5)nc(N5CCC(Nc6c(OC)c(=O)c6=O)C5)nc43)[C@H](O)[C@@H]2O)n1. The van der Waals surface area contributed by atoms with Crippen LogP contribution in [-0.2, 0) is 11.3 Å². The van der Waals surface area contributed by atoms with Gasteiger partial charge in [-0.05, 0) is 29.7 Å². The molecule has 5 atom stereocenters. The summed E-state index contributed by atoms with van der Waals surface area (Å²) in [4.78, 5) is 42.0. The van der Waals surface area contributed by atoms with E-state index in [1.165, 1.54) is 18.2 Å². The van der Waals surface area contributed by atoms with Crippen LogP contribution >= 0.6 is 0 Å². The van der Waals surface area contributed by atoms with Crippen molar-refractivity contribution in [2.45, 2.75) is 56.4 Å². The third-order valence-electron chi connectivity index (χ3n) is 9.70. The Morgan fingerprint density at radius 3 is 2.40 bits per heavy atom. The van der Waals surface area contributed by atoms with Gasteiger partial charge >= 0.3 is 0 Å². The minimum absolute atomic E-state index is 0.0239. The summed E-state index contributed by atoms with van der Waals surface area (Å²) >= 11 is 0. The third kappa shape index (κ3) is 5.91. The van der Waals surface area contributed by atoms with E-state index >= 15 is 0 Å². The minimum atomic E-state index is -1.36. The van der Waals surface area contributed by atoms with Crippen LogP contribution in [-0.4, -0.2) is 94.9 Å². The fourth-order valence-electron chi connectivity index (χ4n) is 6.92. The largest absolute Gasteiger partial charge is 0.491 e. The molecule has 0 spiro atoms. The number of imidazole rings is 1. The lowest BCUT2D eigenvalue weighted by Gasteiger charge is -2.22. The predicted octanol–water partition coefficient (Wildman–Crippen LogP) is 1.36. The summed E-state index contributed by atoms with van der Waals surface area (Å²) in [6, 6.07) is 20.2. The monoisotopic (exact) mass is 707 g/mol. The molecule has 2 aliphatic heterocycles. The highest BCUT2D eigenvalue weighted by molar-refractivity contribution is 5.84. The minimum Gasteiger partial charge on any atom is -0.491 e. The third-order valence-corrected chi connectivity index (χ3v) is 9.70. The van der Waals surface area contributed by atoms with Crippen LogP contribution in [0.5, 0.6) is 5.75 Å². The van der Waals surface area contributed by atoms with Crippen molar-refractivity contribution >= 4 is 28.6 Å². The molecular weight excluding hydrogens is 670 g/mol. The summed E-state index contributed by atoms with van der Waals surface area (Å²) in [7, 11) is 1.36. The first-order valence-electron chi connectivity index (χ1n) is 17.1. The molecule has 52 heavy (non-hydrogen) atoms. The van der Waals surface area contributed by atoms with Gasteiger partial charge in [-0.1, -0.05) is 60.7 Å². The molecule has 2 saturated heterocycles. The molecule has 1 unspecified atom stereocenters. The van der Waals surface area contributed by atoms with Crippen molar-refractivity contribution in [3.63, 3.8) is 0 Å². The van der Waals surface area contributed by atoms with Crippen LogP contribution in [0, 0.1) is 0 Å². The van der Waals surface area contributed by atoms with E-state index in [1.807, 2.05) is 48.2 Å². The molecule has 0 saturated carbocycles. The van der Waals surface area contributed by atoms with Crippen molar-refractivity contribution in [2.75, 3.05) is 42.3 Å². The molecule has 17 heteroatoms. The predicted molar refractivity (Wildman–Crippen MR) is 189 cm³/mol. The molecule has 17 nitrogen and oxygen atoms in total. The Morgan fingerprint density at radius 1 is 1.00 bits per heavy atom. The van der Waals surface area contributed by atoms with Crippen LogP contribution in [0.2, 0.25) is 0 Å².